The second kappa shape index (κ2) is 67.1. The molecule has 0 aliphatic heterocycles. The summed E-state index contributed by atoms with van der Waals surface area (Å²) >= 11 is 0. The summed E-state index contributed by atoms with van der Waals surface area (Å²) in [5.74, 6) is -0.940. The van der Waals surface area contributed by atoms with Gasteiger partial charge < -0.3 is 14.2 Å². The molecule has 1 atom stereocenters. The third-order valence-corrected chi connectivity index (χ3v) is 14.9. The van der Waals surface area contributed by atoms with Gasteiger partial charge in [-0.05, 0) is 89.9 Å². The lowest BCUT2D eigenvalue weighted by Crippen LogP contribution is -2.30. The summed E-state index contributed by atoms with van der Waals surface area (Å²) < 4.78 is 16.9. The second-order valence-electron chi connectivity index (χ2n) is 22.7. The number of ether oxygens (including phenoxy) is 3. The van der Waals surface area contributed by atoms with Crippen molar-refractivity contribution in [2.45, 2.75) is 348 Å². The number of allylic oxidation sites excluding steroid dienone is 14. The second-order valence-corrected chi connectivity index (χ2v) is 22.7. The molecule has 0 rings (SSSR count). The molecule has 0 aromatic carbocycles. The zero-order valence-electron chi connectivity index (χ0n) is 52.4. The Labute approximate surface area is 490 Å². The largest absolute Gasteiger partial charge is 0.462 e. The molecule has 1 unspecified atom stereocenters. The molecule has 0 N–H and O–H groups in total. The van der Waals surface area contributed by atoms with E-state index in [4.69, 9.17) is 14.2 Å². The molecule has 0 aromatic heterocycles. The summed E-state index contributed by atoms with van der Waals surface area (Å²) in [5.41, 5.74) is 0. The fourth-order valence-electron chi connectivity index (χ4n) is 9.81. The van der Waals surface area contributed by atoms with Gasteiger partial charge in [-0.2, -0.15) is 0 Å². The van der Waals surface area contributed by atoms with Crippen LogP contribution in [0.3, 0.4) is 0 Å². The Morgan fingerprint density at radius 2 is 0.506 bits per heavy atom. The standard InChI is InChI=1S/C73H128O6/c1-4-7-10-13-16-19-22-24-26-28-29-30-31-32-33-34-35-36-37-38-39-40-41-42-43-45-46-48-51-54-57-60-63-66-72(75)78-69-70(68-77-71(74)65-62-59-56-53-50-21-18-15-12-9-6-3)79-73(76)67-64-61-58-55-52-49-47-44-27-25-23-20-17-14-11-8-5-2/h8,11,17,20,22,24-25,27-29,47,49,55,58,70H,4-7,9-10,12-16,18-19,21,23,26,30-46,48,50-54,56-57,59-69H2,1-3H3/b11-8-,20-17-,24-22-,27-25-,29-28-,49-47-,58-55-. The highest BCUT2D eigenvalue weighted by atomic mass is 16.6. The average molecular weight is 1100 g/mol. The van der Waals surface area contributed by atoms with Crippen molar-refractivity contribution in [2.75, 3.05) is 13.2 Å². The predicted molar refractivity (Wildman–Crippen MR) is 344 cm³/mol. The number of hydrogen-bond acceptors (Lipinski definition) is 6. The summed E-state index contributed by atoms with van der Waals surface area (Å²) in [5, 5.41) is 0. The van der Waals surface area contributed by atoms with Crippen molar-refractivity contribution in [1.29, 1.82) is 0 Å². The van der Waals surface area contributed by atoms with E-state index in [9.17, 15) is 14.4 Å². The molecule has 6 heteroatoms. The van der Waals surface area contributed by atoms with Crippen molar-refractivity contribution in [3.8, 4) is 0 Å². The average Bonchev–Trinajstić information content (AvgIpc) is 3.45. The SMILES string of the molecule is CC/C=C\C/C=C\C/C=C\C/C=C\C/C=C\CCCC(=O)OC(COC(=O)CCCCCCCCCCCCC)COC(=O)CCCCCCCCCCCCCCCCCCCCCCC/C=C\C/C=C\CCCCCCC. The predicted octanol–water partition coefficient (Wildman–Crippen LogP) is 23.4. The molecule has 0 fully saturated rings. The maximum Gasteiger partial charge on any atom is 0.306 e. The lowest BCUT2D eigenvalue weighted by molar-refractivity contribution is -0.167. The van der Waals surface area contributed by atoms with Crippen molar-refractivity contribution in [1.82, 2.24) is 0 Å². The van der Waals surface area contributed by atoms with E-state index >= 15 is 0 Å². The Hall–Kier alpha value is -3.41. The Morgan fingerprint density at radius 3 is 0.810 bits per heavy atom. The molecule has 0 amide bonds. The van der Waals surface area contributed by atoms with Crippen LogP contribution in [0.1, 0.15) is 342 Å². The summed E-state index contributed by atoms with van der Waals surface area (Å²) in [6.07, 6.45) is 89.2. The molecule has 79 heavy (non-hydrogen) atoms. The van der Waals surface area contributed by atoms with Crippen molar-refractivity contribution in [3.05, 3.63) is 85.1 Å². The zero-order valence-corrected chi connectivity index (χ0v) is 52.4. The fraction of sp³-hybridized carbons (Fsp3) is 0.767. The van der Waals surface area contributed by atoms with Crippen molar-refractivity contribution in [2.24, 2.45) is 0 Å². The van der Waals surface area contributed by atoms with Gasteiger partial charge in [-0.15, -0.1) is 0 Å². The van der Waals surface area contributed by atoms with Crippen LogP contribution < -0.4 is 0 Å². The molecule has 0 heterocycles. The van der Waals surface area contributed by atoms with Gasteiger partial charge in [0, 0.05) is 19.3 Å². The summed E-state index contributed by atoms with van der Waals surface area (Å²) in [7, 11) is 0. The highest BCUT2D eigenvalue weighted by Crippen LogP contribution is 2.17. The van der Waals surface area contributed by atoms with E-state index in [-0.39, 0.29) is 37.5 Å². The van der Waals surface area contributed by atoms with E-state index in [0.29, 0.717) is 19.3 Å². The van der Waals surface area contributed by atoms with Crippen LogP contribution in [-0.2, 0) is 28.6 Å². The minimum absolute atomic E-state index is 0.0949. The quantitative estimate of drug-likeness (QED) is 0.0261. The number of unbranched alkanes of at least 4 members (excludes halogenated alkanes) is 37. The number of rotatable bonds is 62. The first-order valence-corrected chi connectivity index (χ1v) is 34.1. The Kier molecular flexibility index (Phi) is 64.2. The Balaban J connectivity index is 4.14. The number of hydrogen-bond donors (Lipinski definition) is 0. The molecule has 0 saturated heterocycles. The minimum Gasteiger partial charge on any atom is -0.462 e. The molecule has 0 aliphatic rings. The van der Waals surface area contributed by atoms with Gasteiger partial charge >= 0.3 is 17.9 Å². The highest BCUT2D eigenvalue weighted by molar-refractivity contribution is 5.71. The van der Waals surface area contributed by atoms with Crippen LogP contribution >= 0.6 is 0 Å². The van der Waals surface area contributed by atoms with Gasteiger partial charge in [-0.3, -0.25) is 14.4 Å². The lowest BCUT2D eigenvalue weighted by Gasteiger charge is -2.18. The Bertz CT molecular complexity index is 1500. The van der Waals surface area contributed by atoms with Gasteiger partial charge in [0.1, 0.15) is 13.2 Å². The van der Waals surface area contributed by atoms with Gasteiger partial charge in [0.25, 0.3) is 0 Å². The molecular weight excluding hydrogens is 973 g/mol. The first kappa shape index (κ1) is 75.6. The van der Waals surface area contributed by atoms with Crippen LogP contribution in [0.5, 0.6) is 0 Å². The van der Waals surface area contributed by atoms with Gasteiger partial charge in [0.2, 0.25) is 0 Å². The van der Waals surface area contributed by atoms with Gasteiger partial charge in [0.05, 0.1) is 0 Å². The van der Waals surface area contributed by atoms with E-state index in [0.717, 1.165) is 83.5 Å². The van der Waals surface area contributed by atoms with Crippen molar-refractivity contribution >= 4 is 17.9 Å². The highest BCUT2D eigenvalue weighted by Gasteiger charge is 2.19. The Morgan fingerprint density at radius 1 is 0.266 bits per heavy atom. The smallest absolute Gasteiger partial charge is 0.306 e. The molecule has 0 spiro atoms. The van der Waals surface area contributed by atoms with Gasteiger partial charge in [-0.1, -0.05) is 318 Å². The third-order valence-electron chi connectivity index (χ3n) is 14.9. The number of carbonyl (C=O) groups is 3. The fourth-order valence-corrected chi connectivity index (χ4v) is 9.81. The first-order chi connectivity index (χ1) is 39.0. The molecular formula is C73H128O6. The van der Waals surface area contributed by atoms with Crippen LogP contribution in [0.25, 0.3) is 0 Å². The van der Waals surface area contributed by atoms with Crippen LogP contribution in [-0.4, -0.2) is 37.2 Å². The number of esters is 3. The van der Waals surface area contributed by atoms with Crippen molar-refractivity contribution < 1.29 is 28.6 Å². The van der Waals surface area contributed by atoms with Gasteiger partial charge in [-0.25, -0.2) is 0 Å². The first-order valence-electron chi connectivity index (χ1n) is 34.1. The van der Waals surface area contributed by atoms with E-state index in [1.54, 1.807) is 0 Å². The topological polar surface area (TPSA) is 78.9 Å². The number of carbonyl (C=O) groups excluding carboxylic acids is 3. The summed E-state index contributed by atoms with van der Waals surface area (Å²) in [4.78, 5) is 38.2. The molecule has 0 aliphatic carbocycles. The molecule has 0 radical (unpaired) electrons. The van der Waals surface area contributed by atoms with Crippen LogP contribution in [0.4, 0.5) is 0 Å². The molecule has 0 aromatic rings. The van der Waals surface area contributed by atoms with Crippen LogP contribution in [0.15, 0.2) is 85.1 Å². The summed E-state index contributed by atoms with van der Waals surface area (Å²) in [6, 6.07) is 0. The molecule has 0 saturated carbocycles. The van der Waals surface area contributed by atoms with Crippen LogP contribution in [0, 0.1) is 0 Å². The third kappa shape index (κ3) is 65.3. The summed E-state index contributed by atoms with van der Waals surface area (Å²) in [6.45, 7) is 6.50. The van der Waals surface area contributed by atoms with Crippen molar-refractivity contribution in [3.63, 3.8) is 0 Å². The van der Waals surface area contributed by atoms with E-state index in [1.165, 1.54) is 212 Å². The van der Waals surface area contributed by atoms with E-state index < -0.39 is 6.10 Å². The minimum atomic E-state index is -0.804. The monoisotopic (exact) mass is 1100 g/mol. The molecule has 6 nitrogen and oxygen atoms in total. The van der Waals surface area contributed by atoms with E-state index in [1.807, 2.05) is 0 Å². The normalized spacial score (nSPS) is 12.6. The lowest BCUT2D eigenvalue weighted by atomic mass is 10.0. The van der Waals surface area contributed by atoms with E-state index in [2.05, 4.69) is 106 Å². The zero-order chi connectivity index (χ0) is 57.1. The van der Waals surface area contributed by atoms with Gasteiger partial charge in [0.15, 0.2) is 6.10 Å². The van der Waals surface area contributed by atoms with Crippen LogP contribution in [0.2, 0.25) is 0 Å². The maximum absolute atomic E-state index is 12.9. The molecule has 0 bridgehead atoms. The maximum atomic E-state index is 12.9. The molecule has 456 valence electrons.